The van der Waals surface area contributed by atoms with Gasteiger partial charge in [0.15, 0.2) is 0 Å². The lowest BCUT2D eigenvalue weighted by Gasteiger charge is -2.40. The molecular weight excluding hydrogens is 381 g/mol. The van der Waals surface area contributed by atoms with Crippen LogP contribution in [0, 0.1) is 0 Å². The number of rotatable bonds is 5. The molecule has 1 unspecified atom stereocenters. The number of aromatic carboxylic acids is 1. The number of imidazole rings is 1. The number of ether oxygens (including phenoxy) is 1. The number of fused-ring (bicyclic) bond motifs is 3. The van der Waals surface area contributed by atoms with E-state index < -0.39 is 18.5 Å². The van der Waals surface area contributed by atoms with Crippen molar-refractivity contribution in [2.24, 2.45) is 0 Å². The highest BCUT2D eigenvalue weighted by atomic mass is 16.6. The summed E-state index contributed by atoms with van der Waals surface area (Å²) in [6.45, 7) is -2.41. The van der Waals surface area contributed by atoms with Crippen LogP contribution >= 0.6 is 0 Å². The van der Waals surface area contributed by atoms with Crippen LogP contribution in [-0.2, 0) is 11.2 Å². The summed E-state index contributed by atoms with van der Waals surface area (Å²) in [4.78, 5) is 32.5. The van der Waals surface area contributed by atoms with Gasteiger partial charge in [-0.15, -0.1) is 0 Å². The summed E-state index contributed by atoms with van der Waals surface area (Å²) < 4.78 is 11.1. The van der Waals surface area contributed by atoms with E-state index in [0.717, 1.165) is 5.69 Å². The van der Waals surface area contributed by atoms with Crippen LogP contribution < -0.4 is 9.39 Å². The lowest BCUT2D eigenvalue weighted by Crippen LogP contribution is -2.56. The molecule has 2 aliphatic heterocycles. The minimum absolute atomic E-state index is 0.0368. The summed E-state index contributed by atoms with van der Waals surface area (Å²) in [5.41, 5.74) is 1.16. The first kappa shape index (κ1) is 18.0. The van der Waals surface area contributed by atoms with Crippen LogP contribution in [0.1, 0.15) is 34.0 Å². The number of carboxylic acid groups (broad SMARTS) is 1. The van der Waals surface area contributed by atoms with E-state index in [0.29, 0.717) is 25.1 Å². The van der Waals surface area contributed by atoms with E-state index in [1.54, 1.807) is 23.2 Å². The minimum atomic E-state index is -3.08. The van der Waals surface area contributed by atoms with Gasteiger partial charge in [-0.1, -0.05) is 18.3 Å². The van der Waals surface area contributed by atoms with E-state index in [-0.39, 0.29) is 41.4 Å². The molecule has 1 amide bonds. The number of aromatic amines is 1. The molecule has 29 heavy (non-hydrogen) atoms. The number of likely N-dealkylation sites (tertiary alicyclic amines) is 1. The number of hydrogen-bond acceptors (Lipinski definition) is 7. The van der Waals surface area contributed by atoms with Gasteiger partial charge in [-0.2, -0.15) is 0 Å². The topological polar surface area (TPSA) is 145 Å². The summed E-state index contributed by atoms with van der Waals surface area (Å²) in [7, 11) is 0. The number of carbonyl (C=O) groups is 2. The summed E-state index contributed by atoms with van der Waals surface area (Å²) in [5, 5.41) is 29.8. The molecule has 1 saturated carbocycles. The number of benzene rings is 1. The molecule has 0 bridgehead atoms. The number of nitrogens with zero attached hydrogens (tertiary/aromatic N) is 2. The van der Waals surface area contributed by atoms with Crippen LogP contribution in [0.15, 0.2) is 24.7 Å². The lowest BCUT2D eigenvalue weighted by atomic mass is 9.68. The van der Waals surface area contributed by atoms with Gasteiger partial charge in [0.1, 0.15) is 17.4 Å². The van der Waals surface area contributed by atoms with Gasteiger partial charge in [-0.05, 0) is 17.5 Å². The quantitative estimate of drug-likeness (QED) is 0.518. The predicted molar refractivity (Wildman–Crippen MR) is 98.6 cm³/mol. The molecule has 1 saturated heterocycles. The average Bonchev–Trinajstić information content (AvgIpc) is 3.28. The highest BCUT2D eigenvalue weighted by molar-refractivity contribution is 6.62. The molecule has 152 valence electrons. The van der Waals surface area contributed by atoms with Crippen LogP contribution in [0.4, 0.5) is 0 Å². The van der Waals surface area contributed by atoms with E-state index in [9.17, 15) is 24.7 Å². The second-order valence-corrected chi connectivity index (χ2v) is 7.84. The van der Waals surface area contributed by atoms with Crippen molar-refractivity contribution in [3.05, 3.63) is 41.5 Å². The fraction of sp³-hybridized carbons (Fsp3) is 0.389. The maximum absolute atomic E-state index is 12.2. The fourth-order valence-corrected chi connectivity index (χ4v) is 4.17. The Labute approximate surface area is 165 Å². The smallest absolute Gasteiger partial charge is 0.434 e. The maximum atomic E-state index is 12.2. The van der Waals surface area contributed by atoms with Crippen LogP contribution in [0.2, 0.25) is 5.82 Å². The Balaban J connectivity index is 1.30. The molecule has 2 fully saturated rings. The number of aromatic nitrogens is 2. The molecule has 4 N–H and O–H groups in total. The second-order valence-electron chi connectivity index (χ2n) is 7.84. The molecule has 10 nitrogen and oxygen atoms in total. The van der Waals surface area contributed by atoms with Gasteiger partial charge >= 0.3 is 12.7 Å². The van der Waals surface area contributed by atoms with E-state index in [1.807, 2.05) is 0 Å². The van der Waals surface area contributed by atoms with Crippen molar-refractivity contribution in [3.63, 3.8) is 0 Å². The third-order valence-corrected chi connectivity index (χ3v) is 5.84. The third kappa shape index (κ3) is 3.02. The van der Waals surface area contributed by atoms with Gasteiger partial charge in [0.2, 0.25) is 5.91 Å². The van der Waals surface area contributed by atoms with E-state index in [1.165, 1.54) is 6.33 Å². The molecule has 5 rings (SSSR count). The molecule has 1 aromatic carbocycles. The Hall–Kier alpha value is -3.05. The van der Waals surface area contributed by atoms with Gasteiger partial charge in [0.05, 0.1) is 31.6 Å². The molecule has 11 heteroatoms. The van der Waals surface area contributed by atoms with Crippen molar-refractivity contribution in [2.75, 3.05) is 13.1 Å². The van der Waals surface area contributed by atoms with Gasteiger partial charge in [-0.3, -0.25) is 4.79 Å². The van der Waals surface area contributed by atoms with Crippen LogP contribution in [-0.4, -0.2) is 67.8 Å². The van der Waals surface area contributed by atoms with Crippen LogP contribution in [0.5, 0.6) is 11.5 Å². The van der Waals surface area contributed by atoms with Crippen LogP contribution in [0.3, 0.4) is 0 Å². The number of carboxylic acids is 1. The summed E-state index contributed by atoms with van der Waals surface area (Å²) >= 11 is 0. The number of carbonyl (C=O) groups excluding carboxylic acids is 1. The number of amides is 1. The largest absolute Gasteiger partial charge is 0.669 e. The van der Waals surface area contributed by atoms with Crippen molar-refractivity contribution in [1.82, 2.24) is 14.9 Å². The van der Waals surface area contributed by atoms with Crippen molar-refractivity contribution in [2.45, 2.75) is 30.7 Å². The Morgan fingerprint density at radius 1 is 1.34 bits per heavy atom. The molecule has 1 aliphatic carbocycles. The first-order valence-corrected chi connectivity index (χ1v) is 9.43. The normalized spacial score (nSPS) is 24.0. The van der Waals surface area contributed by atoms with Crippen molar-refractivity contribution < 1.29 is 34.1 Å². The van der Waals surface area contributed by atoms with Crippen molar-refractivity contribution in [3.8, 4) is 11.5 Å². The van der Waals surface area contributed by atoms with Gasteiger partial charge in [0, 0.05) is 11.9 Å². The molecule has 1 aromatic heterocycles. The van der Waals surface area contributed by atoms with E-state index in [2.05, 4.69) is 9.97 Å². The van der Waals surface area contributed by atoms with Crippen molar-refractivity contribution >= 4 is 18.6 Å². The van der Waals surface area contributed by atoms with Crippen molar-refractivity contribution in [1.29, 1.82) is 0 Å². The van der Waals surface area contributed by atoms with E-state index >= 15 is 0 Å². The summed E-state index contributed by atoms with van der Waals surface area (Å²) in [5.74, 6) is -1.79. The zero-order chi connectivity index (χ0) is 20.3. The number of hydrogen-bond donors (Lipinski definition) is 4. The molecule has 0 spiro atoms. The molecule has 0 radical (unpaired) electrons. The Morgan fingerprint density at radius 2 is 2.14 bits per heavy atom. The molecular formula is C18H19BN3O7-. The second kappa shape index (κ2) is 6.23. The van der Waals surface area contributed by atoms with E-state index in [4.69, 9.17) is 9.39 Å². The zero-order valence-corrected chi connectivity index (χ0v) is 15.3. The predicted octanol–water partition coefficient (Wildman–Crippen LogP) is 0.114. The third-order valence-electron chi connectivity index (χ3n) is 5.84. The fourth-order valence-electron chi connectivity index (χ4n) is 4.17. The summed E-state index contributed by atoms with van der Waals surface area (Å²) in [6.07, 6.45) is 3.50. The Bertz CT molecular complexity index is 988. The highest BCUT2D eigenvalue weighted by Gasteiger charge is 2.55. The van der Waals surface area contributed by atoms with Gasteiger partial charge in [-0.25, -0.2) is 9.78 Å². The molecule has 3 aliphatic rings. The average molecular weight is 400 g/mol. The first-order valence-electron chi connectivity index (χ1n) is 9.43. The molecule has 2 aromatic rings. The maximum Gasteiger partial charge on any atom is 0.434 e. The Morgan fingerprint density at radius 3 is 2.83 bits per heavy atom. The zero-order valence-electron chi connectivity index (χ0n) is 15.3. The molecule has 3 heterocycles. The first-order chi connectivity index (χ1) is 13.8. The Kier molecular flexibility index (Phi) is 3.87. The van der Waals surface area contributed by atoms with Gasteiger partial charge in [0.25, 0.3) is 0 Å². The number of H-pyrrole nitrogens is 1. The monoisotopic (exact) mass is 400 g/mol. The lowest BCUT2D eigenvalue weighted by molar-refractivity contribution is -0.139. The van der Waals surface area contributed by atoms with Crippen LogP contribution in [0.25, 0.3) is 0 Å². The number of nitrogens with one attached hydrogen (secondary N) is 1. The summed E-state index contributed by atoms with van der Waals surface area (Å²) in [6, 6.07) is 3.29. The van der Waals surface area contributed by atoms with Gasteiger partial charge < -0.3 is 34.4 Å². The highest BCUT2D eigenvalue weighted by Crippen LogP contribution is 2.63. The standard InChI is InChI=1S/C18H19BN3O7/c23-15(3-9-5-20-8-21-9)22-6-10(7-22)28-14-2-1-11-12-4-13(12)19(26,27)29-17(11)16(14)18(24)25/h1-2,5,8,10,12-13,26-27H,3-4,6-7H2,(H,20,21)(H,24,25)/q-1/t12?,13-/m1/s1. The minimum Gasteiger partial charge on any atom is -0.669 e. The molecule has 2 atom stereocenters. The SMILES string of the molecule is O=C(O)c1c(OC2CN(C(=O)Cc3cnc[nH]3)C2)ccc2c1O[B-](O)(O)[C@@H]1CC21.